The highest BCUT2D eigenvalue weighted by Gasteiger charge is 2.17. The van der Waals surface area contributed by atoms with Gasteiger partial charge in [-0.2, -0.15) is 0 Å². The molecule has 1 aromatic carbocycles. The second-order valence-corrected chi connectivity index (χ2v) is 8.89. The number of nitrogens with one attached hydrogen (secondary N) is 2. The van der Waals surface area contributed by atoms with E-state index in [1.807, 2.05) is 0 Å². The van der Waals surface area contributed by atoms with Gasteiger partial charge in [-0.3, -0.25) is 4.79 Å². The number of sulfonamides is 1. The third-order valence-electron chi connectivity index (χ3n) is 4.64. The van der Waals surface area contributed by atoms with Gasteiger partial charge in [-0.15, -0.1) is 0 Å². The maximum absolute atomic E-state index is 12.1. The Morgan fingerprint density at radius 1 is 1.31 bits per heavy atom. The Kier molecular flexibility index (Phi) is 8.34. The average Bonchev–Trinajstić information content (AvgIpc) is 2.60. The Bertz CT molecular complexity index is 697. The van der Waals surface area contributed by atoms with Crippen molar-refractivity contribution in [2.75, 3.05) is 26.2 Å². The Morgan fingerprint density at radius 3 is 2.85 bits per heavy atom. The molecule has 1 aliphatic rings. The second kappa shape index (κ2) is 10.3. The fourth-order valence-electron chi connectivity index (χ4n) is 3.10. The van der Waals surface area contributed by atoms with Gasteiger partial charge < -0.3 is 10.2 Å². The maximum atomic E-state index is 12.1. The lowest BCUT2D eigenvalue weighted by Gasteiger charge is -2.33. The minimum absolute atomic E-state index is 0.0594. The van der Waals surface area contributed by atoms with Gasteiger partial charge in [0.25, 0.3) is 0 Å². The second-order valence-electron chi connectivity index (χ2n) is 6.69. The number of likely N-dealkylation sites (tertiary alicyclic amines) is 1. The topological polar surface area (TPSA) is 78.5 Å². The van der Waals surface area contributed by atoms with Crippen molar-refractivity contribution in [3.8, 4) is 0 Å². The number of rotatable bonds is 9. The van der Waals surface area contributed by atoms with Crippen molar-refractivity contribution in [2.24, 2.45) is 0 Å². The van der Waals surface area contributed by atoms with Crippen LogP contribution < -0.4 is 10.0 Å². The minimum atomic E-state index is -3.65. The van der Waals surface area contributed by atoms with Crippen LogP contribution in [0, 0.1) is 0 Å². The summed E-state index contributed by atoms with van der Waals surface area (Å²) < 4.78 is 26.7. The standard InChI is InChI=1S/C18H28ClN3O3S/c1-15-6-2-3-12-22(15)13-5-10-20-18(23)9-11-21-26(24,25)17-8-4-7-16(19)14-17/h4,7-8,14-15,21H,2-3,5-6,9-13H2,1H3,(H,20,23). The highest BCUT2D eigenvalue weighted by molar-refractivity contribution is 7.89. The van der Waals surface area contributed by atoms with E-state index in [4.69, 9.17) is 11.6 Å². The van der Waals surface area contributed by atoms with Crippen molar-refractivity contribution in [3.63, 3.8) is 0 Å². The maximum Gasteiger partial charge on any atom is 0.240 e. The van der Waals surface area contributed by atoms with E-state index in [2.05, 4.69) is 21.9 Å². The van der Waals surface area contributed by atoms with E-state index in [0.717, 1.165) is 19.5 Å². The first-order chi connectivity index (χ1) is 12.4. The van der Waals surface area contributed by atoms with Crippen LogP contribution in [-0.4, -0.2) is 51.4 Å². The average molecular weight is 402 g/mol. The van der Waals surface area contributed by atoms with E-state index < -0.39 is 10.0 Å². The summed E-state index contributed by atoms with van der Waals surface area (Å²) in [5.74, 6) is -0.148. The molecule has 0 aliphatic carbocycles. The van der Waals surface area contributed by atoms with Gasteiger partial charge in [0.15, 0.2) is 0 Å². The van der Waals surface area contributed by atoms with Gasteiger partial charge >= 0.3 is 0 Å². The summed E-state index contributed by atoms with van der Waals surface area (Å²) >= 11 is 5.81. The van der Waals surface area contributed by atoms with Crippen molar-refractivity contribution in [2.45, 2.75) is 50.0 Å². The third-order valence-corrected chi connectivity index (χ3v) is 6.33. The molecule has 1 aromatic rings. The van der Waals surface area contributed by atoms with E-state index in [1.54, 1.807) is 12.1 Å². The number of halogens is 1. The zero-order chi connectivity index (χ0) is 19.0. The van der Waals surface area contributed by atoms with Crippen LogP contribution in [0.3, 0.4) is 0 Å². The van der Waals surface area contributed by atoms with Crippen molar-refractivity contribution in [3.05, 3.63) is 29.3 Å². The third kappa shape index (κ3) is 6.87. The van der Waals surface area contributed by atoms with Crippen molar-refractivity contribution >= 4 is 27.5 Å². The molecule has 8 heteroatoms. The molecule has 0 bridgehead atoms. The highest BCUT2D eigenvalue weighted by Crippen LogP contribution is 2.16. The molecule has 1 aliphatic heterocycles. The fourth-order valence-corrected chi connectivity index (χ4v) is 4.44. The van der Waals surface area contributed by atoms with E-state index in [9.17, 15) is 13.2 Å². The Labute approximate surface area is 161 Å². The van der Waals surface area contributed by atoms with Gasteiger partial charge in [0.05, 0.1) is 4.90 Å². The van der Waals surface area contributed by atoms with Gasteiger partial charge in [0.2, 0.25) is 15.9 Å². The zero-order valence-electron chi connectivity index (χ0n) is 15.2. The Balaban J connectivity index is 1.62. The van der Waals surface area contributed by atoms with Crippen LogP contribution in [0.4, 0.5) is 0 Å². The summed E-state index contributed by atoms with van der Waals surface area (Å²) in [7, 11) is -3.65. The van der Waals surface area contributed by atoms with E-state index in [0.29, 0.717) is 17.6 Å². The lowest BCUT2D eigenvalue weighted by atomic mass is 10.0. The Hall–Kier alpha value is -1.15. The lowest BCUT2D eigenvalue weighted by Crippen LogP contribution is -2.39. The van der Waals surface area contributed by atoms with Gasteiger partial charge in [-0.25, -0.2) is 13.1 Å². The van der Waals surface area contributed by atoms with Crippen molar-refractivity contribution in [1.29, 1.82) is 0 Å². The summed E-state index contributed by atoms with van der Waals surface area (Å²) in [6, 6.07) is 6.66. The lowest BCUT2D eigenvalue weighted by molar-refractivity contribution is -0.120. The molecule has 2 rings (SSSR count). The molecule has 6 nitrogen and oxygen atoms in total. The van der Waals surface area contributed by atoms with Gasteiger partial charge in [0, 0.05) is 37.1 Å². The predicted octanol–water partition coefficient (Wildman–Crippen LogP) is 2.39. The van der Waals surface area contributed by atoms with Crippen LogP contribution in [-0.2, 0) is 14.8 Å². The van der Waals surface area contributed by atoms with Crippen molar-refractivity contribution in [1.82, 2.24) is 14.9 Å². The number of carbonyl (C=O) groups excluding carboxylic acids is 1. The van der Waals surface area contributed by atoms with Gasteiger partial charge in [-0.05, 0) is 50.9 Å². The van der Waals surface area contributed by atoms with E-state index in [1.165, 1.54) is 31.4 Å². The smallest absolute Gasteiger partial charge is 0.240 e. The summed E-state index contributed by atoms with van der Waals surface area (Å²) in [5.41, 5.74) is 0. The minimum Gasteiger partial charge on any atom is -0.356 e. The van der Waals surface area contributed by atoms with Crippen molar-refractivity contribution < 1.29 is 13.2 Å². The molecule has 1 amide bonds. The molecule has 0 aromatic heterocycles. The van der Waals surface area contributed by atoms with Crippen LogP contribution in [0.5, 0.6) is 0 Å². The molecule has 1 fully saturated rings. The molecule has 2 N–H and O–H groups in total. The SMILES string of the molecule is CC1CCCCN1CCCNC(=O)CCNS(=O)(=O)c1cccc(Cl)c1. The largest absolute Gasteiger partial charge is 0.356 e. The van der Waals surface area contributed by atoms with Crippen LogP contribution in [0.2, 0.25) is 5.02 Å². The van der Waals surface area contributed by atoms with Crippen LogP contribution in [0.1, 0.15) is 39.0 Å². The predicted molar refractivity (Wildman–Crippen MR) is 104 cm³/mol. The monoisotopic (exact) mass is 401 g/mol. The molecule has 1 unspecified atom stereocenters. The number of piperidine rings is 1. The van der Waals surface area contributed by atoms with E-state index in [-0.39, 0.29) is 23.8 Å². The first kappa shape index (κ1) is 21.2. The molecule has 0 spiro atoms. The molecule has 1 atom stereocenters. The number of amides is 1. The summed E-state index contributed by atoms with van der Waals surface area (Å²) in [6.45, 7) is 5.06. The first-order valence-corrected chi connectivity index (χ1v) is 11.0. The highest BCUT2D eigenvalue weighted by atomic mass is 35.5. The zero-order valence-corrected chi connectivity index (χ0v) is 16.8. The van der Waals surface area contributed by atoms with Gasteiger partial charge in [-0.1, -0.05) is 24.1 Å². The van der Waals surface area contributed by atoms with Crippen LogP contribution in [0.25, 0.3) is 0 Å². The Morgan fingerprint density at radius 2 is 2.12 bits per heavy atom. The quantitative estimate of drug-likeness (QED) is 0.623. The molecule has 1 saturated heterocycles. The summed E-state index contributed by atoms with van der Waals surface area (Å²) in [5, 5.41) is 3.21. The molecular weight excluding hydrogens is 374 g/mol. The number of hydrogen-bond acceptors (Lipinski definition) is 4. The summed E-state index contributed by atoms with van der Waals surface area (Å²) in [4.78, 5) is 14.4. The molecular formula is C18H28ClN3O3S. The molecule has 1 heterocycles. The van der Waals surface area contributed by atoms with Gasteiger partial charge in [0.1, 0.15) is 0 Å². The summed E-state index contributed by atoms with van der Waals surface area (Å²) in [6.07, 6.45) is 4.83. The number of hydrogen-bond donors (Lipinski definition) is 2. The fraction of sp³-hybridized carbons (Fsp3) is 0.611. The normalized spacial score (nSPS) is 18.6. The van der Waals surface area contributed by atoms with E-state index >= 15 is 0 Å². The number of benzene rings is 1. The molecule has 26 heavy (non-hydrogen) atoms. The number of nitrogens with zero attached hydrogens (tertiary/aromatic N) is 1. The van der Waals surface area contributed by atoms with Crippen LogP contribution in [0.15, 0.2) is 29.2 Å². The first-order valence-electron chi connectivity index (χ1n) is 9.14. The number of carbonyl (C=O) groups is 1. The van der Waals surface area contributed by atoms with Crippen LogP contribution >= 0.6 is 11.6 Å². The molecule has 0 radical (unpaired) electrons. The molecule has 0 saturated carbocycles. The molecule has 146 valence electrons.